The maximum Gasteiger partial charge on any atom is 0.295 e. The van der Waals surface area contributed by atoms with Gasteiger partial charge < -0.3 is 14.6 Å². The zero-order valence-corrected chi connectivity index (χ0v) is 20.0. The third kappa shape index (κ3) is 4.50. The highest BCUT2D eigenvalue weighted by atomic mass is 35.5. The van der Waals surface area contributed by atoms with Crippen LogP contribution in [-0.2, 0) is 0 Å². The Morgan fingerprint density at radius 3 is 2.94 bits per heavy atom. The van der Waals surface area contributed by atoms with Gasteiger partial charge in [-0.3, -0.25) is 9.78 Å². The Hall–Kier alpha value is -3.38. The van der Waals surface area contributed by atoms with Gasteiger partial charge in [0.05, 0.1) is 6.04 Å². The molecule has 1 fully saturated rings. The van der Waals surface area contributed by atoms with Crippen LogP contribution >= 0.6 is 11.6 Å². The van der Waals surface area contributed by atoms with Crippen molar-refractivity contribution in [1.29, 1.82) is 0 Å². The molecule has 1 saturated heterocycles. The number of aromatic nitrogens is 2. The van der Waals surface area contributed by atoms with Gasteiger partial charge in [0, 0.05) is 41.6 Å². The van der Waals surface area contributed by atoms with Crippen molar-refractivity contribution in [2.75, 3.05) is 18.4 Å². The number of nitrogens with one attached hydrogen (secondary N) is 1. The number of rotatable bonds is 5. The lowest BCUT2D eigenvalue weighted by Gasteiger charge is -2.40. The number of hydrogen-bond donors (Lipinski definition) is 1. The number of anilines is 1. The van der Waals surface area contributed by atoms with Crippen molar-refractivity contribution in [2.45, 2.75) is 32.7 Å². The SMILES string of the molecule is Cc1ccc(-c2cccnc2)c(C(=O)N2CCCC(C)C2CNc2nc3cc(Cl)ccc3o2)c1. The predicted octanol–water partition coefficient (Wildman–Crippen LogP) is 6.20. The molecule has 1 N–H and O–H groups in total. The van der Waals surface area contributed by atoms with Crippen molar-refractivity contribution in [1.82, 2.24) is 14.9 Å². The van der Waals surface area contributed by atoms with E-state index < -0.39 is 0 Å². The molecular formula is C27H27ClN4O2. The number of fused-ring (bicyclic) bond motifs is 1. The first-order valence-electron chi connectivity index (χ1n) is 11.6. The van der Waals surface area contributed by atoms with Crippen molar-refractivity contribution in [2.24, 2.45) is 5.92 Å². The summed E-state index contributed by atoms with van der Waals surface area (Å²) in [7, 11) is 0. The Labute approximate surface area is 204 Å². The van der Waals surface area contributed by atoms with Crippen LogP contribution < -0.4 is 5.32 Å². The number of piperidine rings is 1. The zero-order valence-electron chi connectivity index (χ0n) is 19.3. The number of pyridine rings is 1. The Morgan fingerprint density at radius 1 is 1.24 bits per heavy atom. The highest BCUT2D eigenvalue weighted by molar-refractivity contribution is 6.31. The van der Waals surface area contributed by atoms with E-state index in [1.165, 1.54) is 0 Å². The monoisotopic (exact) mass is 474 g/mol. The molecule has 0 aliphatic carbocycles. The van der Waals surface area contributed by atoms with E-state index in [-0.39, 0.29) is 11.9 Å². The summed E-state index contributed by atoms with van der Waals surface area (Å²) in [6, 6.07) is 15.8. The second-order valence-corrected chi connectivity index (χ2v) is 9.42. The Balaban J connectivity index is 1.41. The highest BCUT2D eigenvalue weighted by Crippen LogP contribution is 2.30. The van der Waals surface area contributed by atoms with Crippen LogP contribution in [0.3, 0.4) is 0 Å². The summed E-state index contributed by atoms with van der Waals surface area (Å²) >= 11 is 6.08. The van der Waals surface area contributed by atoms with E-state index >= 15 is 0 Å². The predicted molar refractivity (Wildman–Crippen MR) is 135 cm³/mol. The van der Waals surface area contributed by atoms with Gasteiger partial charge in [0.25, 0.3) is 11.9 Å². The topological polar surface area (TPSA) is 71.3 Å². The second-order valence-electron chi connectivity index (χ2n) is 8.99. The number of hydrogen-bond acceptors (Lipinski definition) is 5. The van der Waals surface area contributed by atoms with Crippen molar-refractivity contribution in [3.05, 3.63) is 77.1 Å². The first-order chi connectivity index (χ1) is 16.5. The highest BCUT2D eigenvalue weighted by Gasteiger charge is 2.33. The molecule has 174 valence electrons. The van der Waals surface area contributed by atoms with Gasteiger partial charge in [-0.15, -0.1) is 0 Å². The Morgan fingerprint density at radius 2 is 2.12 bits per heavy atom. The fraction of sp³-hybridized carbons (Fsp3) is 0.296. The second kappa shape index (κ2) is 9.47. The van der Waals surface area contributed by atoms with Crippen LogP contribution in [0.25, 0.3) is 22.2 Å². The normalized spacial score (nSPS) is 18.3. The van der Waals surface area contributed by atoms with Crippen LogP contribution in [0.15, 0.2) is 65.3 Å². The summed E-state index contributed by atoms with van der Waals surface area (Å²) in [5, 5.41) is 3.94. The molecule has 3 heterocycles. The van der Waals surface area contributed by atoms with Crippen LogP contribution in [0.2, 0.25) is 5.02 Å². The molecule has 2 aromatic carbocycles. The standard InChI is InChI=1S/C27H27ClN4O2/c1-17-7-9-21(19-6-3-11-29-15-19)22(13-17)26(33)32-12-4-5-18(2)24(32)16-30-27-31-23-14-20(28)8-10-25(23)34-27/h3,6-11,13-15,18,24H,4-5,12,16H2,1-2H3,(H,30,31). The average molecular weight is 475 g/mol. The van der Waals surface area contributed by atoms with Gasteiger partial charge in [-0.05, 0) is 61.6 Å². The minimum absolute atomic E-state index is 0.0158. The molecule has 0 radical (unpaired) electrons. The number of carbonyl (C=O) groups is 1. The largest absolute Gasteiger partial charge is 0.424 e. The minimum Gasteiger partial charge on any atom is -0.424 e. The van der Waals surface area contributed by atoms with Gasteiger partial charge in [-0.1, -0.05) is 42.3 Å². The van der Waals surface area contributed by atoms with Gasteiger partial charge in [0.2, 0.25) is 0 Å². The number of carbonyl (C=O) groups excluding carboxylic acids is 1. The van der Waals surface area contributed by atoms with Crippen LogP contribution in [0.4, 0.5) is 6.01 Å². The first kappa shape index (κ1) is 22.4. The van der Waals surface area contributed by atoms with Crippen molar-refractivity contribution >= 4 is 34.6 Å². The van der Waals surface area contributed by atoms with Gasteiger partial charge in [-0.2, -0.15) is 4.98 Å². The van der Waals surface area contributed by atoms with Crippen LogP contribution in [0.5, 0.6) is 0 Å². The van der Waals surface area contributed by atoms with Gasteiger partial charge in [0.15, 0.2) is 5.58 Å². The maximum atomic E-state index is 13.9. The molecule has 2 atom stereocenters. The lowest BCUT2D eigenvalue weighted by Crippen LogP contribution is -2.51. The summed E-state index contributed by atoms with van der Waals surface area (Å²) in [5.74, 6) is 0.390. The van der Waals surface area contributed by atoms with Crippen LogP contribution in [0.1, 0.15) is 35.7 Å². The first-order valence-corrected chi connectivity index (χ1v) is 12.0. The quantitative estimate of drug-likeness (QED) is 0.372. The van der Waals surface area contributed by atoms with E-state index in [1.54, 1.807) is 24.5 Å². The molecule has 4 aromatic rings. The van der Waals surface area contributed by atoms with E-state index in [4.69, 9.17) is 16.0 Å². The minimum atomic E-state index is 0.0158. The van der Waals surface area contributed by atoms with E-state index in [9.17, 15) is 4.79 Å². The molecule has 7 heteroatoms. The van der Waals surface area contributed by atoms with E-state index in [0.717, 1.165) is 36.1 Å². The summed E-state index contributed by atoms with van der Waals surface area (Å²) in [5.41, 5.74) is 5.00. The van der Waals surface area contributed by atoms with E-state index in [2.05, 4.69) is 22.2 Å². The van der Waals surface area contributed by atoms with Crippen molar-refractivity contribution in [3.63, 3.8) is 0 Å². The van der Waals surface area contributed by atoms with Gasteiger partial charge >= 0.3 is 0 Å². The summed E-state index contributed by atoms with van der Waals surface area (Å²) in [4.78, 5) is 24.7. The number of benzene rings is 2. The molecule has 1 aliphatic rings. The summed E-state index contributed by atoms with van der Waals surface area (Å²) in [6.07, 6.45) is 5.60. The number of nitrogens with zero attached hydrogens (tertiary/aromatic N) is 3. The smallest absolute Gasteiger partial charge is 0.295 e. The van der Waals surface area contributed by atoms with E-state index in [0.29, 0.717) is 40.2 Å². The number of amides is 1. The summed E-state index contributed by atoms with van der Waals surface area (Å²) in [6.45, 7) is 5.50. The Bertz CT molecular complexity index is 1320. The zero-order chi connectivity index (χ0) is 23.7. The molecule has 5 rings (SSSR count). The Kier molecular flexibility index (Phi) is 6.24. The number of halogens is 1. The molecule has 34 heavy (non-hydrogen) atoms. The lowest BCUT2D eigenvalue weighted by molar-refractivity contribution is 0.0540. The number of oxazole rings is 1. The van der Waals surface area contributed by atoms with Gasteiger partial charge in [0.1, 0.15) is 5.52 Å². The molecule has 0 saturated carbocycles. The van der Waals surface area contributed by atoms with Gasteiger partial charge in [-0.25, -0.2) is 0 Å². The average Bonchev–Trinajstić information content (AvgIpc) is 3.25. The third-order valence-corrected chi connectivity index (χ3v) is 6.80. The van der Waals surface area contributed by atoms with Crippen molar-refractivity contribution in [3.8, 4) is 11.1 Å². The number of likely N-dealkylation sites (tertiary alicyclic amines) is 1. The fourth-order valence-corrected chi connectivity index (χ4v) is 4.91. The maximum absolute atomic E-state index is 13.9. The molecule has 0 spiro atoms. The molecule has 1 amide bonds. The molecule has 2 unspecified atom stereocenters. The molecule has 0 bridgehead atoms. The molecule has 2 aromatic heterocycles. The molecule has 6 nitrogen and oxygen atoms in total. The summed E-state index contributed by atoms with van der Waals surface area (Å²) < 4.78 is 5.83. The third-order valence-electron chi connectivity index (χ3n) is 6.57. The van der Waals surface area contributed by atoms with Crippen LogP contribution in [0, 0.1) is 12.8 Å². The van der Waals surface area contributed by atoms with Crippen molar-refractivity contribution < 1.29 is 9.21 Å². The van der Waals surface area contributed by atoms with Crippen LogP contribution in [-0.4, -0.2) is 39.9 Å². The molecular weight excluding hydrogens is 448 g/mol. The molecule has 1 aliphatic heterocycles. The fourth-order valence-electron chi connectivity index (χ4n) is 4.74. The van der Waals surface area contributed by atoms with E-state index in [1.807, 2.05) is 48.2 Å². The number of aryl methyl sites for hydroxylation is 1. The lowest BCUT2D eigenvalue weighted by atomic mass is 9.89.